The molecule has 0 aromatic heterocycles. The fourth-order valence-corrected chi connectivity index (χ4v) is 2.39. The quantitative estimate of drug-likeness (QED) is 0.778. The molecule has 0 fully saturated rings. The van der Waals surface area contributed by atoms with Gasteiger partial charge in [0.15, 0.2) is 5.78 Å². The summed E-state index contributed by atoms with van der Waals surface area (Å²) in [6.07, 6.45) is 1.20. The molecule has 0 aliphatic carbocycles. The van der Waals surface area contributed by atoms with Gasteiger partial charge in [0.25, 0.3) is 0 Å². The Bertz CT molecular complexity index is 554. The zero-order chi connectivity index (χ0) is 13.9. The van der Waals surface area contributed by atoms with Crippen LogP contribution >= 0.6 is 11.6 Å². The van der Waals surface area contributed by atoms with E-state index in [1.165, 1.54) is 13.2 Å². The van der Waals surface area contributed by atoms with Crippen molar-refractivity contribution < 1.29 is 13.2 Å². The van der Waals surface area contributed by atoms with Crippen molar-refractivity contribution in [3.8, 4) is 0 Å². The number of carbonyl (C=O) groups excluding carboxylic acids is 1. The van der Waals surface area contributed by atoms with E-state index in [4.69, 9.17) is 11.6 Å². The fourth-order valence-electron chi connectivity index (χ4n) is 1.46. The van der Waals surface area contributed by atoms with Gasteiger partial charge in [-0.15, -0.1) is 0 Å². The summed E-state index contributed by atoms with van der Waals surface area (Å²) in [6.45, 7) is 1.83. The summed E-state index contributed by atoms with van der Waals surface area (Å²) in [5, 5.41) is 0.443. The maximum absolute atomic E-state index is 11.2. The van der Waals surface area contributed by atoms with Crippen LogP contribution in [0.3, 0.4) is 0 Å². The number of rotatable bonds is 5. The van der Waals surface area contributed by atoms with Gasteiger partial charge in [-0.05, 0) is 25.1 Å². The Labute approximate surface area is 112 Å². The van der Waals surface area contributed by atoms with Crippen LogP contribution in [0.15, 0.2) is 18.2 Å². The predicted octanol–water partition coefficient (Wildman–Crippen LogP) is 2.02. The number of ketones is 1. The molecule has 100 valence electrons. The largest absolute Gasteiger partial charge is 0.372 e. The summed E-state index contributed by atoms with van der Waals surface area (Å²) in [5.74, 6) is 0.0103. The molecular formula is C12H16ClNO3S. The van der Waals surface area contributed by atoms with Crippen molar-refractivity contribution in [3.63, 3.8) is 0 Å². The lowest BCUT2D eigenvalue weighted by atomic mass is 10.1. The number of halogens is 1. The highest BCUT2D eigenvalue weighted by Crippen LogP contribution is 2.26. The van der Waals surface area contributed by atoms with E-state index >= 15 is 0 Å². The van der Waals surface area contributed by atoms with Crippen LogP contribution in [-0.2, 0) is 9.84 Å². The first-order valence-corrected chi connectivity index (χ1v) is 7.84. The van der Waals surface area contributed by atoms with E-state index in [-0.39, 0.29) is 11.5 Å². The first-order valence-electron chi connectivity index (χ1n) is 5.40. The summed E-state index contributed by atoms with van der Waals surface area (Å²) in [5.41, 5.74) is 1.26. The van der Waals surface area contributed by atoms with Crippen molar-refractivity contribution in [2.45, 2.75) is 6.92 Å². The van der Waals surface area contributed by atoms with E-state index in [0.717, 1.165) is 0 Å². The van der Waals surface area contributed by atoms with Crippen molar-refractivity contribution in [2.24, 2.45) is 0 Å². The molecule has 0 bridgehead atoms. The molecule has 1 aromatic rings. The highest BCUT2D eigenvalue weighted by Gasteiger charge is 2.11. The number of nitrogens with zero attached hydrogens (tertiary/aromatic N) is 1. The third-order valence-electron chi connectivity index (χ3n) is 2.56. The lowest BCUT2D eigenvalue weighted by molar-refractivity contribution is 0.101. The van der Waals surface area contributed by atoms with E-state index in [2.05, 4.69) is 0 Å². The normalized spacial score (nSPS) is 11.3. The minimum Gasteiger partial charge on any atom is -0.372 e. The average molecular weight is 290 g/mol. The SMILES string of the molecule is CC(=O)c1ccc(N(C)CCS(C)(=O)=O)c(Cl)c1. The van der Waals surface area contributed by atoms with Gasteiger partial charge in [0.1, 0.15) is 9.84 Å². The molecule has 4 nitrogen and oxygen atoms in total. The van der Waals surface area contributed by atoms with Crippen LogP contribution in [-0.4, -0.2) is 39.8 Å². The second-order valence-corrected chi connectivity index (χ2v) is 6.94. The van der Waals surface area contributed by atoms with Crippen LogP contribution in [0.4, 0.5) is 5.69 Å². The van der Waals surface area contributed by atoms with Gasteiger partial charge in [0, 0.05) is 25.4 Å². The Kier molecular flexibility index (Phi) is 4.76. The molecule has 0 heterocycles. The van der Waals surface area contributed by atoms with Gasteiger partial charge < -0.3 is 4.90 Å². The third kappa shape index (κ3) is 4.31. The topological polar surface area (TPSA) is 54.5 Å². The first-order chi connectivity index (χ1) is 8.20. The number of hydrogen-bond donors (Lipinski definition) is 0. The molecule has 0 atom stereocenters. The molecule has 0 amide bonds. The maximum Gasteiger partial charge on any atom is 0.159 e. The van der Waals surface area contributed by atoms with E-state index in [9.17, 15) is 13.2 Å². The average Bonchev–Trinajstić information content (AvgIpc) is 2.24. The Morgan fingerprint density at radius 2 is 2.00 bits per heavy atom. The van der Waals surface area contributed by atoms with Gasteiger partial charge in [-0.3, -0.25) is 4.79 Å². The zero-order valence-electron chi connectivity index (χ0n) is 10.6. The minimum atomic E-state index is -3.00. The van der Waals surface area contributed by atoms with E-state index in [1.54, 1.807) is 30.1 Å². The third-order valence-corrected chi connectivity index (χ3v) is 3.79. The number of anilines is 1. The number of sulfone groups is 1. The lowest BCUT2D eigenvalue weighted by Crippen LogP contribution is -2.25. The van der Waals surface area contributed by atoms with E-state index < -0.39 is 9.84 Å². The van der Waals surface area contributed by atoms with Gasteiger partial charge in [-0.2, -0.15) is 0 Å². The summed E-state index contributed by atoms with van der Waals surface area (Å²) in [4.78, 5) is 12.9. The summed E-state index contributed by atoms with van der Waals surface area (Å²) >= 11 is 6.07. The highest BCUT2D eigenvalue weighted by molar-refractivity contribution is 7.90. The van der Waals surface area contributed by atoms with Crippen LogP contribution in [0.1, 0.15) is 17.3 Å². The molecule has 6 heteroatoms. The summed E-state index contributed by atoms with van der Waals surface area (Å²) in [7, 11) is -1.24. The molecule has 0 radical (unpaired) electrons. The molecule has 0 spiro atoms. The molecular weight excluding hydrogens is 274 g/mol. The van der Waals surface area contributed by atoms with E-state index in [1.807, 2.05) is 0 Å². The second-order valence-electron chi connectivity index (χ2n) is 4.27. The fraction of sp³-hybridized carbons (Fsp3) is 0.417. The van der Waals surface area contributed by atoms with E-state index in [0.29, 0.717) is 22.8 Å². The zero-order valence-corrected chi connectivity index (χ0v) is 12.2. The van der Waals surface area contributed by atoms with Crippen molar-refractivity contribution in [1.82, 2.24) is 0 Å². The van der Waals surface area contributed by atoms with Crippen LogP contribution in [0.2, 0.25) is 5.02 Å². The number of hydrogen-bond acceptors (Lipinski definition) is 4. The molecule has 1 aromatic carbocycles. The van der Waals surface area contributed by atoms with Gasteiger partial charge in [0.05, 0.1) is 16.5 Å². The number of carbonyl (C=O) groups is 1. The Balaban J connectivity index is 2.87. The van der Waals surface area contributed by atoms with Gasteiger partial charge in [-0.1, -0.05) is 11.6 Å². The van der Waals surface area contributed by atoms with Crippen molar-refractivity contribution in [3.05, 3.63) is 28.8 Å². The minimum absolute atomic E-state index is 0.0535. The van der Waals surface area contributed by atoms with Crippen LogP contribution in [0.5, 0.6) is 0 Å². The monoisotopic (exact) mass is 289 g/mol. The van der Waals surface area contributed by atoms with Crippen LogP contribution in [0.25, 0.3) is 0 Å². The van der Waals surface area contributed by atoms with Crippen LogP contribution < -0.4 is 4.90 Å². The number of benzene rings is 1. The molecule has 0 saturated carbocycles. The van der Waals surface area contributed by atoms with Crippen molar-refractivity contribution >= 4 is 32.9 Å². The standard InChI is InChI=1S/C12H16ClNO3S/c1-9(15)10-4-5-12(11(13)8-10)14(2)6-7-18(3,16)17/h4-5,8H,6-7H2,1-3H3. The van der Waals surface area contributed by atoms with Gasteiger partial charge in [0.2, 0.25) is 0 Å². The maximum atomic E-state index is 11.2. The molecule has 0 saturated heterocycles. The summed E-state index contributed by atoms with van der Waals surface area (Å²) in [6, 6.07) is 5.00. The smallest absolute Gasteiger partial charge is 0.159 e. The molecule has 0 unspecified atom stereocenters. The lowest BCUT2D eigenvalue weighted by Gasteiger charge is -2.20. The van der Waals surface area contributed by atoms with Crippen LogP contribution in [0, 0.1) is 0 Å². The second kappa shape index (κ2) is 5.71. The summed E-state index contributed by atoms with van der Waals surface area (Å²) < 4.78 is 22.2. The molecule has 1 rings (SSSR count). The predicted molar refractivity (Wildman–Crippen MR) is 74.4 cm³/mol. The first kappa shape index (κ1) is 15.0. The van der Waals surface area contributed by atoms with Gasteiger partial charge >= 0.3 is 0 Å². The Morgan fingerprint density at radius 3 is 2.44 bits per heavy atom. The van der Waals surface area contributed by atoms with Crippen molar-refractivity contribution in [1.29, 1.82) is 0 Å². The molecule has 18 heavy (non-hydrogen) atoms. The Hall–Kier alpha value is -1.07. The highest BCUT2D eigenvalue weighted by atomic mass is 35.5. The number of Topliss-reactive ketones (excluding diaryl/α,β-unsaturated/α-hetero) is 1. The van der Waals surface area contributed by atoms with Gasteiger partial charge in [-0.25, -0.2) is 8.42 Å². The molecule has 0 aliphatic heterocycles. The molecule has 0 aliphatic rings. The van der Waals surface area contributed by atoms with Crippen molar-refractivity contribution in [2.75, 3.05) is 30.5 Å². The molecule has 0 N–H and O–H groups in total. The Morgan fingerprint density at radius 1 is 1.39 bits per heavy atom.